The molecule has 0 radical (unpaired) electrons. The zero-order chi connectivity index (χ0) is 22.6. The van der Waals surface area contributed by atoms with Gasteiger partial charge in [-0.15, -0.1) is 0 Å². The number of nitrogens with zero attached hydrogens (tertiary/aromatic N) is 4. The minimum absolute atomic E-state index is 0.0127. The molecule has 4 heterocycles. The maximum absolute atomic E-state index is 12.5. The van der Waals surface area contributed by atoms with Crippen molar-refractivity contribution in [3.05, 3.63) is 16.8 Å². The van der Waals surface area contributed by atoms with E-state index >= 15 is 0 Å². The van der Waals surface area contributed by atoms with Gasteiger partial charge < -0.3 is 28.0 Å². The van der Waals surface area contributed by atoms with E-state index in [-0.39, 0.29) is 17.0 Å². The molecule has 5 atom stereocenters. The summed E-state index contributed by atoms with van der Waals surface area (Å²) >= 11 is 12.1. The highest BCUT2D eigenvalue weighted by molar-refractivity contribution is 7.54. The van der Waals surface area contributed by atoms with E-state index in [9.17, 15) is 4.57 Å². The second-order valence-corrected chi connectivity index (χ2v) is 10.8. The minimum Gasteiger partial charge on any atom is -0.363 e. The van der Waals surface area contributed by atoms with Crippen LogP contribution in [0.1, 0.15) is 27.0 Å². The van der Waals surface area contributed by atoms with Gasteiger partial charge in [-0.25, -0.2) is 9.97 Å². The summed E-state index contributed by atoms with van der Waals surface area (Å²) < 4.78 is 48.4. The van der Waals surface area contributed by atoms with Gasteiger partial charge >= 0.3 is 7.60 Å². The maximum atomic E-state index is 12.5. The lowest BCUT2D eigenvalue weighted by Crippen LogP contribution is -2.34. The number of fused-ring (bicyclic) bond motifs is 2. The number of aromatic nitrogens is 4. The van der Waals surface area contributed by atoms with E-state index in [1.165, 1.54) is 20.5 Å². The van der Waals surface area contributed by atoms with Crippen molar-refractivity contribution in [1.82, 2.24) is 19.5 Å². The molecule has 14 heteroatoms. The monoisotopic (exact) mass is 496 g/mol. The standard InChI is InChI=1S/C17H23Cl2N4O7P/c1-8(31(24,25-4)26-5)27-6-9-11-12(30-17(2,3)29-11)15(28-9)23-7-20-10-13(18)21-16(19)22-14(10)23/h7-9,11-12,15H,6H2,1-5H3/t8?,9-,11-,12-,15-/m1/s1. The Balaban J connectivity index is 1.60. The number of hydrogen-bond acceptors (Lipinski definition) is 10. The molecule has 2 aromatic rings. The molecule has 2 aliphatic heterocycles. The van der Waals surface area contributed by atoms with Crippen molar-refractivity contribution in [2.45, 2.75) is 56.9 Å². The highest BCUT2D eigenvalue weighted by atomic mass is 35.5. The average Bonchev–Trinajstić information content (AvgIpc) is 3.36. The molecule has 2 saturated heterocycles. The summed E-state index contributed by atoms with van der Waals surface area (Å²) in [5, 5.41) is 0.122. The van der Waals surface area contributed by atoms with Gasteiger partial charge in [0.25, 0.3) is 0 Å². The van der Waals surface area contributed by atoms with Crippen LogP contribution in [-0.2, 0) is 32.6 Å². The van der Waals surface area contributed by atoms with Gasteiger partial charge in [-0.3, -0.25) is 9.13 Å². The molecule has 0 N–H and O–H groups in total. The summed E-state index contributed by atoms with van der Waals surface area (Å²) in [6.45, 7) is 5.31. The lowest BCUT2D eigenvalue weighted by atomic mass is 10.1. The van der Waals surface area contributed by atoms with Crippen molar-refractivity contribution in [2.75, 3.05) is 20.8 Å². The van der Waals surface area contributed by atoms with Crippen molar-refractivity contribution >= 4 is 42.0 Å². The number of ether oxygens (including phenoxy) is 4. The highest BCUT2D eigenvalue weighted by Gasteiger charge is 2.56. The summed E-state index contributed by atoms with van der Waals surface area (Å²) in [6, 6.07) is 0. The second kappa shape index (κ2) is 8.48. The molecule has 11 nitrogen and oxygen atoms in total. The Kier molecular flexibility index (Phi) is 6.37. The molecule has 0 saturated carbocycles. The predicted molar refractivity (Wildman–Crippen MR) is 110 cm³/mol. The van der Waals surface area contributed by atoms with Crippen LogP contribution >= 0.6 is 30.8 Å². The van der Waals surface area contributed by atoms with E-state index < -0.39 is 43.8 Å². The average molecular weight is 497 g/mol. The van der Waals surface area contributed by atoms with E-state index in [1.54, 1.807) is 11.5 Å². The zero-order valence-electron chi connectivity index (χ0n) is 17.5. The maximum Gasteiger partial charge on any atom is 0.358 e. The van der Waals surface area contributed by atoms with E-state index in [4.69, 9.17) is 51.2 Å². The molecule has 31 heavy (non-hydrogen) atoms. The lowest BCUT2D eigenvalue weighted by molar-refractivity contribution is -0.202. The molecule has 4 rings (SSSR count). The summed E-state index contributed by atoms with van der Waals surface area (Å²) in [7, 11) is -0.788. The largest absolute Gasteiger partial charge is 0.363 e. The number of rotatable bonds is 7. The third kappa shape index (κ3) is 4.23. The molecule has 2 aromatic heterocycles. The Morgan fingerprint density at radius 3 is 2.58 bits per heavy atom. The van der Waals surface area contributed by atoms with Crippen LogP contribution in [0.2, 0.25) is 10.4 Å². The summed E-state index contributed by atoms with van der Waals surface area (Å²) in [6.07, 6.45) is -0.582. The quantitative estimate of drug-likeness (QED) is 0.320. The fourth-order valence-electron chi connectivity index (χ4n) is 3.76. The van der Waals surface area contributed by atoms with Crippen LogP contribution in [0.3, 0.4) is 0 Å². The third-order valence-corrected chi connectivity index (χ3v) is 7.70. The van der Waals surface area contributed by atoms with Crippen molar-refractivity contribution in [1.29, 1.82) is 0 Å². The van der Waals surface area contributed by atoms with E-state index in [1.807, 2.05) is 13.8 Å². The van der Waals surface area contributed by atoms with Gasteiger partial charge in [0.1, 0.15) is 23.8 Å². The first kappa shape index (κ1) is 23.3. The van der Waals surface area contributed by atoms with Crippen LogP contribution < -0.4 is 0 Å². The first-order valence-electron chi connectivity index (χ1n) is 9.48. The Labute approximate surface area is 188 Å². The van der Waals surface area contributed by atoms with Crippen LogP contribution in [0.5, 0.6) is 0 Å². The van der Waals surface area contributed by atoms with Crippen LogP contribution in [0.25, 0.3) is 11.2 Å². The molecule has 0 spiro atoms. The molecule has 0 bridgehead atoms. The molecular weight excluding hydrogens is 474 g/mol. The van der Waals surface area contributed by atoms with Crippen molar-refractivity contribution < 1.29 is 32.6 Å². The Hall–Kier alpha value is -0.880. The fourth-order valence-corrected chi connectivity index (χ4v) is 5.19. The SMILES string of the molecule is COP(=O)(OC)C(C)OC[C@H]1O[C@@H](n2cnc3c(Cl)nc(Cl)nc32)[C@@H]2OC(C)(C)O[C@@H]21. The van der Waals surface area contributed by atoms with Gasteiger partial charge in [0.2, 0.25) is 5.28 Å². The van der Waals surface area contributed by atoms with E-state index in [0.29, 0.717) is 11.2 Å². The topological polar surface area (TPSA) is 116 Å². The molecule has 172 valence electrons. The summed E-state index contributed by atoms with van der Waals surface area (Å²) in [5.41, 5.74) is 0.791. The normalized spacial score (nSPS) is 28.9. The van der Waals surface area contributed by atoms with Crippen LogP contribution in [0.15, 0.2) is 6.33 Å². The first-order chi connectivity index (χ1) is 14.6. The molecule has 0 amide bonds. The lowest BCUT2D eigenvalue weighted by Gasteiger charge is -2.26. The third-order valence-electron chi connectivity index (χ3n) is 5.21. The minimum atomic E-state index is -3.40. The molecule has 2 aliphatic rings. The zero-order valence-corrected chi connectivity index (χ0v) is 19.9. The fraction of sp³-hybridized carbons (Fsp3) is 0.706. The van der Waals surface area contributed by atoms with Crippen molar-refractivity contribution in [3.8, 4) is 0 Å². The molecular formula is C17H23Cl2N4O7P. The second-order valence-electron chi connectivity index (χ2n) is 7.57. The van der Waals surface area contributed by atoms with E-state index in [0.717, 1.165) is 0 Å². The first-order valence-corrected chi connectivity index (χ1v) is 11.8. The number of halogens is 2. The van der Waals surface area contributed by atoms with Crippen molar-refractivity contribution in [2.24, 2.45) is 0 Å². The van der Waals surface area contributed by atoms with Crippen LogP contribution in [0.4, 0.5) is 0 Å². The van der Waals surface area contributed by atoms with Crippen LogP contribution in [-0.4, -0.2) is 70.3 Å². The van der Waals surface area contributed by atoms with Gasteiger partial charge in [-0.2, -0.15) is 4.98 Å². The summed E-state index contributed by atoms with van der Waals surface area (Å²) in [4.78, 5) is 12.4. The Morgan fingerprint density at radius 2 is 1.90 bits per heavy atom. The van der Waals surface area contributed by atoms with E-state index in [2.05, 4.69) is 15.0 Å². The molecule has 0 aliphatic carbocycles. The van der Waals surface area contributed by atoms with Gasteiger partial charge in [0, 0.05) is 14.2 Å². The number of hydrogen-bond donors (Lipinski definition) is 0. The predicted octanol–water partition coefficient (Wildman–Crippen LogP) is 3.40. The van der Waals surface area contributed by atoms with Crippen LogP contribution in [0, 0.1) is 0 Å². The smallest absolute Gasteiger partial charge is 0.358 e. The van der Waals surface area contributed by atoms with Crippen molar-refractivity contribution in [3.63, 3.8) is 0 Å². The van der Waals surface area contributed by atoms with Gasteiger partial charge in [0.05, 0.1) is 12.9 Å². The van der Waals surface area contributed by atoms with Gasteiger partial charge in [-0.1, -0.05) is 11.6 Å². The van der Waals surface area contributed by atoms with Gasteiger partial charge in [-0.05, 0) is 32.4 Å². The highest BCUT2D eigenvalue weighted by Crippen LogP contribution is 2.52. The molecule has 0 aromatic carbocycles. The number of imidazole rings is 1. The van der Waals surface area contributed by atoms with Gasteiger partial charge in [0.15, 0.2) is 28.7 Å². The summed E-state index contributed by atoms with van der Waals surface area (Å²) in [5.74, 6) is -1.64. The Morgan fingerprint density at radius 1 is 1.23 bits per heavy atom. The molecule has 1 unspecified atom stereocenters. The Bertz CT molecular complexity index is 1010. The molecule has 2 fully saturated rings.